The first-order valence-electron chi connectivity index (χ1n) is 7.57. The van der Waals surface area contributed by atoms with Crippen molar-refractivity contribution in [2.75, 3.05) is 0 Å². The van der Waals surface area contributed by atoms with Crippen molar-refractivity contribution in [2.24, 2.45) is 5.73 Å². The topological polar surface area (TPSA) is 63.3 Å². The zero-order valence-electron chi connectivity index (χ0n) is 13.7. The van der Waals surface area contributed by atoms with Gasteiger partial charge in [0.1, 0.15) is 0 Å². The maximum atomic E-state index is 10.6. The molecule has 3 N–H and O–H groups in total. The number of hydrogen-bond donors (Lipinski definition) is 2. The molecule has 0 heterocycles. The zero-order chi connectivity index (χ0) is 18.9. The smallest absolute Gasteiger partial charge is 0.475 e. The zero-order valence-corrected chi connectivity index (χ0v) is 13.7. The van der Waals surface area contributed by atoms with Gasteiger partial charge in [-0.05, 0) is 30.0 Å². The molecule has 0 radical (unpaired) electrons. The molecule has 6 heteroatoms. The molecule has 25 heavy (non-hydrogen) atoms. The van der Waals surface area contributed by atoms with Crippen LogP contribution in [0.15, 0.2) is 60.7 Å². The van der Waals surface area contributed by atoms with E-state index in [-0.39, 0.29) is 6.04 Å². The molecule has 0 aliphatic rings. The largest absolute Gasteiger partial charge is 0.490 e. The third-order valence-electron chi connectivity index (χ3n) is 3.22. The molecule has 0 fully saturated rings. The molecule has 0 unspecified atom stereocenters. The summed E-state index contributed by atoms with van der Waals surface area (Å²) in [4.78, 5) is 8.90. The van der Waals surface area contributed by atoms with Gasteiger partial charge in [-0.2, -0.15) is 13.2 Å². The predicted molar refractivity (Wildman–Crippen MR) is 91.9 cm³/mol. The number of hydrogen-bond acceptors (Lipinski definition) is 2. The van der Waals surface area contributed by atoms with Crippen LogP contribution in [0, 0.1) is 0 Å². The van der Waals surface area contributed by atoms with Crippen LogP contribution in [0.1, 0.15) is 29.7 Å². The highest BCUT2D eigenvalue weighted by atomic mass is 19.4. The summed E-state index contributed by atoms with van der Waals surface area (Å²) >= 11 is 0. The molecule has 0 aromatic heterocycles. The first-order valence-corrected chi connectivity index (χ1v) is 7.57. The van der Waals surface area contributed by atoms with Crippen molar-refractivity contribution in [3.63, 3.8) is 0 Å². The molecule has 134 valence electrons. The molecule has 0 aliphatic heterocycles. The van der Waals surface area contributed by atoms with Gasteiger partial charge in [-0.3, -0.25) is 0 Å². The van der Waals surface area contributed by atoms with E-state index in [4.69, 9.17) is 15.6 Å². The van der Waals surface area contributed by atoms with Gasteiger partial charge >= 0.3 is 12.1 Å². The Morgan fingerprint density at radius 2 is 1.64 bits per heavy atom. The summed E-state index contributed by atoms with van der Waals surface area (Å²) in [5, 5.41) is 7.12. The summed E-state index contributed by atoms with van der Waals surface area (Å²) in [6, 6.07) is 18.8. The standard InChI is InChI=1S/C17H19N.C2HF3O2/c1-14(18)17-13-6-5-11-16(17)12-7-10-15-8-3-2-4-9-15;3-2(4,5)1(6)7/h2-9,11-14H,10,18H2,1H3;(H,6,7)/b12-7+;/t14-;/m0./s1. The van der Waals surface area contributed by atoms with Crippen LogP contribution < -0.4 is 5.73 Å². The van der Waals surface area contributed by atoms with Crippen molar-refractivity contribution < 1.29 is 23.1 Å². The summed E-state index contributed by atoms with van der Waals surface area (Å²) in [7, 11) is 0. The highest BCUT2D eigenvalue weighted by molar-refractivity contribution is 5.73. The average molecular weight is 351 g/mol. The number of nitrogens with two attached hydrogens (primary N) is 1. The van der Waals surface area contributed by atoms with Gasteiger partial charge < -0.3 is 10.8 Å². The minimum atomic E-state index is -5.08. The molecule has 1 atom stereocenters. The molecule has 0 saturated heterocycles. The van der Waals surface area contributed by atoms with E-state index in [1.165, 1.54) is 16.7 Å². The van der Waals surface area contributed by atoms with Gasteiger partial charge in [0.15, 0.2) is 0 Å². The minimum absolute atomic E-state index is 0.0718. The number of carboxylic acid groups (broad SMARTS) is 1. The van der Waals surface area contributed by atoms with Gasteiger partial charge in [-0.1, -0.05) is 66.7 Å². The van der Waals surface area contributed by atoms with Crippen molar-refractivity contribution in [1.29, 1.82) is 0 Å². The predicted octanol–water partition coefficient (Wildman–Crippen LogP) is 4.60. The fourth-order valence-corrected chi connectivity index (χ4v) is 2.01. The van der Waals surface area contributed by atoms with Gasteiger partial charge in [0.05, 0.1) is 0 Å². The van der Waals surface area contributed by atoms with Gasteiger partial charge in [0.25, 0.3) is 0 Å². The quantitative estimate of drug-likeness (QED) is 0.846. The second-order valence-corrected chi connectivity index (χ2v) is 5.31. The Morgan fingerprint density at radius 3 is 2.16 bits per heavy atom. The lowest BCUT2D eigenvalue weighted by atomic mass is 10.0. The van der Waals surface area contributed by atoms with E-state index in [2.05, 4.69) is 48.6 Å². The maximum absolute atomic E-state index is 10.6. The van der Waals surface area contributed by atoms with Gasteiger partial charge in [0, 0.05) is 6.04 Å². The third kappa shape index (κ3) is 7.67. The van der Waals surface area contributed by atoms with E-state index in [0.717, 1.165) is 6.42 Å². The second-order valence-electron chi connectivity index (χ2n) is 5.31. The van der Waals surface area contributed by atoms with Gasteiger partial charge in [0.2, 0.25) is 0 Å². The lowest BCUT2D eigenvalue weighted by Gasteiger charge is -2.09. The molecular formula is C19H20F3NO2. The SMILES string of the molecule is C[C@H](N)c1ccccc1/C=C/Cc1ccccc1.O=C(O)C(F)(F)F. The molecule has 2 rings (SSSR count). The molecule has 0 spiro atoms. The summed E-state index contributed by atoms with van der Waals surface area (Å²) in [5.41, 5.74) is 9.70. The van der Waals surface area contributed by atoms with Crippen LogP contribution >= 0.6 is 0 Å². The van der Waals surface area contributed by atoms with Crippen molar-refractivity contribution in [3.8, 4) is 0 Å². The van der Waals surface area contributed by atoms with E-state index in [0.29, 0.717) is 0 Å². The first kappa shape index (κ1) is 20.4. The number of carboxylic acids is 1. The number of halogens is 3. The summed E-state index contributed by atoms with van der Waals surface area (Å²) in [6.07, 6.45) is 0.219. The Balaban J connectivity index is 0.000000381. The monoisotopic (exact) mass is 351 g/mol. The third-order valence-corrected chi connectivity index (χ3v) is 3.22. The number of carbonyl (C=O) groups is 1. The van der Waals surface area contributed by atoms with Crippen LogP contribution in [0.3, 0.4) is 0 Å². The molecule has 2 aromatic carbocycles. The fourth-order valence-electron chi connectivity index (χ4n) is 2.01. The molecular weight excluding hydrogens is 331 g/mol. The Morgan fingerprint density at radius 1 is 1.12 bits per heavy atom. The second kappa shape index (κ2) is 9.64. The Labute approximate surface area is 144 Å². The minimum Gasteiger partial charge on any atom is -0.475 e. The van der Waals surface area contributed by atoms with E-state index in [9.17, 15) is 13.2 Å². The molecule has 0 saturated carbocycles. The van der Waals surface area contributed by atoms with Gasteiger partial charge in [-0.15, -0.1) is 0 Å². The van der Waals surface area contributed by atoms with Crippen LogP contribution in [0.4, 0.5) is 13.2 Å². The van der Waals surface area contributed by atoms with E-state index in [1.807, 2.05) is 25.1 Å². The fraction of sp³-hybridized carbons (Fsp3) is 0.211. The maximum Gasteiger partial charge on any atom is 0.490 e. The highest BCUT2D eigenvalue weighted by Gasteiger charge is 2.38. The molecule has 2 aromatic rings. The van der Waals surface area contributed by atoms with Crippen LogP contribution in [-0.4, -0.2) is 17.3 Å². The molecule has 0 bridgehead atoms. The number of benzene rings is 2. The number of aliphatic carboxylic acids is 1. The lowest BCUT2D eigenvalue weighted by molar-refractivity contribution is -0.192. The molecule has 3 nitrogen and oxygen atoms in total. The van der Waals surface area contributed by atoms with Gasteiger partial charge in [-0.25, -0.2) is 4.79 Å². The average Bonchev–Trinajstić information content (AvgIpc) is 2.56. The van der Waals surface area contributed by atoms with Crippen molar-refractivity contribution in [3.05, 3.63) is 77.4 Å². The number of rotatable bonds is 4. The Kier molecular flexibility index (Phi) is 7.88. The van der Waals surface area contributed by atoms with Crippen LogP contribution in [0.5, 0.6) is 0 Å². The van der Waals surface area contributed by atoms with Crippen molar-refractivity contribution >= 4 is 12.0 Å². The van der Waals surface area contributed by atoms with E-state index < -0.39 is 12.1 Å². The van der Waals surface area contributed by atoms with Crippen molar-refractivity contribution in [2.45, 2.75) is 25.6 Å². The summed E-state index contributed by atoms with van der Waals surface area (Å²) in [6.45, 7) is 2.02. The van der Waals surface area contributed by atoms with Crippen LogP contribution in [-0.2, 0) is 11.2 Å². The molecule has 0 amide bonds. The number of alkyl halides is 3. The first-order chi connectivity index (χ1) is 11.7. The Hall–Kier alpha value is -2.60. The summed E-state index contributed by atoms with van der Waals surface area (Å²) in [5.74, 6) is -2.76. The van der Waals surface area contributed by atoms with Crippen molar-refractivity contribution in [1.82, 2.24) is 0 Å². The lowest BCUT2D eigenvalue weighted by Crippen LogP contribution is -2.21. The number of allylic oxidation sites excluding steroid dienone is 1. The Bertz CT molecular complexity index is 695. The van der Waals surface area contributed by atoms with Crippen LogP contribution in [0.25, 0.3) is 6.08 Å². The molecule has 0 aliphatic carbocycles. The normalized spacial score (nSPS) is 12.4. The van der Waals surface area contributed by atoms with Crippen LogP contribution in [0.2, 0.25) is 0 Å². The van der Waals surface area contributed by atoms with E-state index in [1.54, 1.807) is 0 Å². The highest BCUT2D eigenvalue weighted by Crippen LogP contribution is 2.17. The van der Waals surface area contributed by atoms with E-state index >= 15 is 0 Å². The summed E-state index contributed by atoms with van der Waals surface area (Å²) < 4.78 is 31.7.